The van der Waals surface area contributed by atoms with Gasteiger partial charge in [0.1, 0.15) is 11.9 Å². The lowest BCUT2D eigenvalue weighted by Crippen LogP contribution is -2.38. The summed E-state index contributed by atoms with van der Waals surface area (Å²) in [6, 6.07) is 31.9. The molecule has 1 aromatic heterocycles. The van der Waals surface area contributed by atoms with Gasteiger partial charge in [0.2, 0.25) is 0 Å². The molecule has 0 aliphatic carbocycles. The van der Waals surface area contributed by atoms with E-state index in [1.165, 1.54) is 29.5 Å². The van der Waals surface area contributed by atoms with Crippen LogP contribution in [0.5, 0.6) is 0 Å². The van der Waals surface area contributed by atoms with E-state index in [1.807, 2.05) is 6.33 Å². The van der Waals surface area contributed by atoms with Crippen molar-refractivity contribution in [3.05, 3.63) is 120 Å². The van der Waals surface area contributed by atoms with Crippen molar-refractivity contribution < 1.29 is 14.4 Å². The lowest BCUT2D eigenvalue weighted by molar-refractivity contribution is 0.405. The molecule has 36 heavy (non-hydrogen) atoms. The molecule has 4 rings (SSSR count). The van der Waals surface area contributed by atoms with E-state index in [4.69, 9.17) is 24.4 Å². The average Bonchev–Trinajstić information content (AvgIpc) is 3.40. The number of benzene rings is 3. The van der Waals surface area contributed by atoms with E-state index in [0.717, 1.165) is 12.2 Å². The molecule has 1 heterocycles. The van der Waals surface area contributed by atoms with Crippen LogP contribution in [0, 0.1) is 5.92 Å². The molecule has 6 nitrogen and oxygen atoms in total. The number of halogens is 1. The minimum atomic E-state index is -3.13. The number of hydrogen-bond acceptors (Lipinski definition) is 3. The second-order valence-corrected chi connectivity index (χ2v) is 10.6. The maximum atomic E-state index is 8.74. The van der Waals surface area contributed by atoms with Crippen LogP contribution in [-0.2, 0) is 10.1 Å². The molecule has 0 amide bonds. The Hall–Kier alpha value is -2.32. The van der Waals surface area contributed by atoms with Gasteiger partial charge < -0.3 is 9.79 Å². The highest BCUT2D eigenvalue weighted by Crippen LogP contribution is 2.41. The third-order valence-electron chi connectivity index (χ3n) is 6.40. The van der Waals surface area contributed by atoms with Gasteiger partial charge in [-0.25, -0.2) is 9.67 Å². The van der Waals surface area contributed by atoms with Gasteiger partial charge in [-0.15, -0.1) is 0 Å². The molecule has 0 saturated heterocycles. The smallest absolute Gasteiger partial charge is 0.314 e. The Morgan fingerprint density at radius 1 is 0.833 bits per heavy atom. The lowest BCUT2D eigenvalue weighted by Gasteiger charge is -2.35. The van der Waals surface area contributed by atoms with Crippen LogP contribution in [0.4, 0.5) is 0 Å². The van der Waals surface area contributed by atoms with Gasteiger partial charge >= 0.3 is 8.25 Å². The number of aromatic nitrogens is 3. The monoisotopic (exact) mass is 617 g/mol. The van der Waals surface area contributed by atoms with E-state index < -0.39 is 13.8 Å². The molecule has 0 radical (unpaired) electrons. The van der Waals surface area contributed by atoms with Crippen molar-refractivity contribution in [2.24, 2.45) is 5.92 Å². The average molecular weight is 617 g/mol. The van der Waals surface area contributed by atoms with Crippen molar-refractivity contribution in [1.29, 1.82) is 0 Å². The first-order valence-corrected chi connectivity index (χ1v) is 14.6. The van der Waals surface area contributed by atoms with E-state index in [9.17, 15) is 0 Å². The Morgan fingerprint density at radius 3 is 1.58 bits per heavy atom. The summed E-state index contributed by atoms with van der Waals surface area (Å²) in [6.45, 7) is 4.55. The molecule has 0 aliphatic heterocycles. The maximum absolute atomic E-state index is 8.74. The Morgan fingerprint density at radius 2 is 1.22 bits per heavy atom. The fourth-order valence-corrected chi connectivity index (χ4v) is 5.54. The predicted octanol–water partition coefficient (Wildman–Crippen LogP) is 6.78. The normalized spacial score (nSPS) is 12.3. The van der Waals surface area contributed by atoms with Gasteiger partial charge in [0.05, 0.1) is 3.92 Å². The molecule has 1 atom stereocenters. The van der Waals surface area contributed by atoms with Crippen LogP contribution >= 0.6 is 30.8 Å². The van der Waals surface area contributed by atoms with Crippen LogP contribution < -0.4 is 0 Å². The highest BCUT2D eigenvalue weighted by Gasteiger charge is 2.40. The molecular weight excluding hydrogens is 584 g/mol. The molecule has 190 valence electrons. The summed E-state index contributed by atoms with van der Waals surface area (Å²) in [5.41, 5.74) is 2.90. The minimum Gasteiger partial charge on any atom is -0.326 e. The molecule has 0 saturated carbocycles. The van der Waals surface area contributed by atoms with Crippen LogP contribution in [0.3, 0.4) is 0 Å². The fourth-order valence-electron chi connectivity index (χ4n) is 4.54. The first-order chi connectivity index (χ1) is 17.4. The molecule has 0 spiro atoms. The maximum Gasteiger partial charge on any atom is 0.314 e. The van der Waals surface area contributed by atoms with Crippen LogP contribution in [0.2, 0.25) is 0 Å². The molecule has 1 unspecified atom stereocenters. The largest absolute Gasteiger partial charge is 0.326 e. The first-order valence-electron chi connectivity index (χ1n) is 12.1. The number of nitrogens with zero attached hydrogens (tertiary/aromatic N) is 3. The Bertz CT molecular complexity index is 1100. The quantitative estimate of drug-likeness (QED) is 0.0936. The van der Waals surface area contributed by atoms with Gasteiger partial charge in [0.15, 0.2) is 5.82 Å². The van der Waals surface area contributed by atoms with Crippen LogP contribution in [0.1, 0.15) is 59.5 Å². The fraction of sp³-hybridized carbons (Fsp3) is 0.286. The molecule has 0 aliphatic rings. The summed E-state index contributed by atoms with van der Waals surface area (Å²) < 4.78 is 11.1. The van der Waals surface area contributed by atoms with Gasteiger partial charge in [0.25, 0.3) is 0 Å². The Balaban J connectivity index is 0.000000840. The molecule has 0 fully saturated rings. The topological polar surface area (TPSA) is 88.2 Å². The molecular formula is C28H33IN3O3P. The summed E-state index contributed by atoms with van der Waals surface area (Å²) in [4.78, 5) is 19.1. The summed E-state index contributed by atoms with van der Waals surface area (Å²) in [7, 11) is -3.13. The van der Waals surface area contributed by atoms with Crippen molar-refractivity contribution in [3.63, 3.8) is 0 Å². The highest BCUT2D eigenvalue weighted by atomic mass is 127. The van der Waals surface area contributed by atoms with Crippen molar-refractivity contribution in [2.75, 3.05) is 0 Å². The van der Waals surface area contributed by atoms with Crippen LogP contribution in [0.15, 0.2) is 97.3 Å². The van der Waals surface area contributed by atoms with Crippen molar-refractivity contribution in [1.82, 2.24) is 14.8 Å². The zero-order valence-electron chi connectivity index (χ0n) is 20.5. The van der Waals surface area contributed by atoms with Gasteiger partial charge in [0, 0.05) is 0 Å². The number of rotatable bonds is 9. The second kappa shape index (κ2) is 13.8. The summed E-state index contributed by atoms with van der Waals surface area (Å²) in [6.07, 6.45) is 5.41. The second-order valence-electron chi connectivity index (χ2n) is 8.52. The van der Waals surface area contributed by atoms with E-state index in [-0.39, 0.29) is 0 Å². The summed E-state index contributed by atoms with van der Waals surface area (Å²) in [5, 5.41) is 5.13. The van der Waals surface area contributed by atoms with E-state index in [2.05, 4.69) is 132 Å². The van der Waals surface area contributed by atoms with Gasteiger partial charge in [-0.1, -0.05) is 140 Å². The molecule has 3 aromatic carbocycles. The zero-order chi connectivity index (χ0) is 26.0. The van der Waals surface area contributed by atoms with E-state index in [0.29, 0.717) is 9.84 Å². The van der Waals surface area contributed by atoms with Crippen molar-refractivity contribution in [3.8, 4) is 0 Å². The molecule has 8 heteroatoms. The van der Waals surface area contributed by atoms with Crippen molar-refractivity contribution >= 4 is 30.8 Å². The highest BCUT2D eigenvalue weighted by molar-refractivity contribution is 14.1. The van der Waals surface area contributed by atoms with E-state index >= 15 is 0 Å². The Labute approximate surface area is 227 Å². The lowest BCUT2D eigenvalue weighted by atomic mass is 9.77. The molecule has 4 aromatic rings. The zero-order valence-corrected chi connectivity index (χ0v) is 23.7. The van der Waals surface area contributed by atoms with Crippen LogP contribution in [-0.4, -0.2) is 24.6 Å². The number of alkyl halides is 1. The van der Waals surface area contributed by atoms with Gasteiger partial charge in [-0.05, 0) is 29.0 Å². The number of hydrogen-bond donors (Lipinski definition) is 2. The van der Waals surface area contributed by atoms with Crippen LogP contribution in [0.25, 0.3) is 0 Å². The van der Waals surface area contributed by atoms with E-state index in [1.54, 1.807) is 0 Å². The van der Waals surface area contributed by atoms with Crippen molar-refractivity contribution in [2.45, 2.75) is 42.6 Å². The van der Waals surface area contributed by atoms with Gasteiger partial charge in [-0.2, -0.15) is 5.10 Å². The SMILES string of the molecule is CCC(CC)CC(I)c1ncn(C(c2ccccc2)(c2ccccc2)c2ccccc2)n1.O=[PH](O)O. The standard InChI is InChI=1S/C28H30IN3.H3O3P/c1-3-22(4-2)20-26(29)27-30-21-32(31-27)28(23-14-8-5-9-15-23,24-16-10-6-11-17-24)25-18-12-7-13-19-25;1-4(2)3/h5-19,21-22,26H,3-4,20H2,1-2H3;4H,(H2,1,2,3). The third kappa shape index (κ3) is 6.71. The third-order valence-corrected chi connectivity index (χ3v) is 7.47. The molecule has 0 bridgehead atoms. The summed E-state index contributed by atoms with van der Waals surface area (Å²) in [5.74, 6) is 1.61. The van der Waals surface area contributed by atoms with Gasteiger partial charge in [-0.3, -0.25) is 4.57 Å². The first kappa shape index (κ1) is 28.3. The Kier molecular flexibility index (Phi) is 10.9. The summed E-state index contributed by atoms with van der Waals surface area (Å²) >= 11 is 2.52. The molecule has 2 N–H and O–H groups in total. The minimum absolute atomic E-state index is 0.291. The predicted molar refractivity (Wildman–Crippen MR) is 154 cm³/mol.